The van der Waals surface area contributed by atoms with Crippen LogP contribution >= 0.6 is 0 Å². The summed E-state index contributed by atoms with van der Waals surface area (Å²) in [6.07, 6.45) is 13.1. The molecule has 2 unspecified atom stereocenters. The van der Waals surface area contributed by atoms with Crippen molar-refractivity contribution in [2.45, 2.75) is 38.1 Å². The van der Waals surface area contributed by atoms with Crippen LogP contribution in [0.1, 0.15) is 37.7 Å². The largest absolute Gasteiger partial charge is 0.354 e. The second-order valence-corrected chi connectivity index (χ2v) is 6.54. The van der Waals surface area contributed by atoms with Gasteiger partial charge in [-0.25, -0.2) is 0 Å². The molecule has 0 aromatic heterocycles. The monoisotopic (exact) mass is 353 g/mol. The Labute approximate surface area is 157 Å². The number of carbonyl (C=O) groups is 1. The lowest BCUT2D eigenvalue weighted by atomic mass is 9.90. The summed E-state index contributed by atoms with van der Waals surface area (Å²) in [5.74, 6) is 0.0593. The Kier molecular flexibility index (Phi) is 8.87. The maximum absolute atomic E-state index is 12.4. The third kappa shape index (κ3) is 6.62. The van der Waals surface area contributed by atoms with E-state index in [1.54, 1.807) is 0 Å². The minimum Gasteiger partial charge on any atom is -0.354 e. The van der Waals surface area contributed by atoms with Gasteiger partial charge in [0.1, 0.15) is 0 Å². The van der Waals surface area contributed by atoms with E-state index < -0.39 is 6.04 Å². The molecule has 4 heteroatoms. The van der Waals surface area contributed by atoms with Crippen molar-refractivity contribution in [3.8, 4) is 0 Å². The molecule has 0 saturated carbocycles. The summed E-state index contributed by atoms with van der Waals surface area (Å²) in [6, 6.07) is 9.86. The van der Waals surface area contributed by atoms with Crippen molar-refractivity contribution < 1.29 is 4.79 Å². The third-order valence-corrected chi connectivity index (χ3v) is 4.57. The van der Waals surface area contributed by atoms with E-state index in [9.17, 15) is 4.79 Å². The lowest BCUT2D eigenvalue weighted by molar-refractivity contribution is -0.122. The van der Waals surface area contributed by atoms with Crippen molar-refractivity contribution in [3.05, 3.63) is 71.8 Å². The highest BCUT2D eigenvalue weighted by molar-refractivity contribution is 5.81. The van der Waals surface area contributed by atoms with E-state index in [-0.39, 0.29) is 11.8 Å². The molecule has 0 saturated heterocycles. The SMILES string of the molecule is CCNCCCC(N)C(=O)NCC(C1=CCC=CC=C1)c1ccccc1. The molecule has 4 N–H and O–H groups in total. The molecule has 26 heavy (non-hydrogen) atoms. The number of nitrogens with two attached hydrogens (primary N) is 1. The zero-order chi connectivity index (χ0) is 18.6. The van der Waals surface area contributed by atoms with Gasteiger partial charge in [-0.15, -0.1) is 0 Å². The van der Waals surface area contributed by atoms with Gasteiger partial charge in [0.25, 0.3) is 0 Å². The molecule has 1 aromatic rings. The van der Waals surface area contributed by atoms with E-state index in [0.29, 0.717) is 13.0 Å². The first-order chi connectivity index (χ1) is 12.7. The minimum atomic E-state index is -0.453. The summed E-state index contributed by atoms with van der Waals surface area (Å²) in [4.78, 5) is 12.4. The highest BCUT2D eigenvalue weighted by Gasteiger charge is 2.19. The van der Waals surface area contributed by atoms with Crippen LogP contribution in [0.25, 0.3) is 0 Å². The average molecular weight is 354 g/mol. The molecule has 140 valence electrons. The third-order valence-electron chi connectivity index (χ3n) is 4.57. The maximum Gasteiger partial charge on any atom is 0.236 e. The van der Waals surface area contributed by atoms with Crippen molar-refractivity contribution in [1.82, 2.24) is 10.6 Å². The molecule has 0 heterocycles. The lowest BCUT2D eigenvalue weighted by Crippen LogP contribution is -2.42. The van der Waals surface area contributed by atoms with Crippen LogP contribution in [0.2, 0.25) is 0 Å². The summed E-state index contributed by atoms with van der Waals surface area (Å²) in [5.41, 5.74) is 8.47. The molecule has 0 fully saturated rings. The summed E-state index contributed by atoms with van der Waals surface area (Å²) < 4.78 is 0. The quantitative estimate of drug-likeness (QED) is 0.566. The van der Waals surface area contributed by atoms with Gasteiger partial charge in [-0.1, -0.05) is 67.6 Å². The molecular formula is C22H31N3O. The van der Waals surface area contributed by atoms with Crippen LogP contribution in [0.4, 0.5) is 0 Å². The van der Waals surface area contributed by atoms with Gasteiger partial charge in [0.2, 0.25) is 5.91 Å². The molecule has 2 atom stereocenters. The molecule has 2 rings (SSSR count). The number of rotatable bonds is 10. The van der Waals surface area contributed by atoms with Crippen molar-refractivity contribution >= 4 is 5.91 Å². The number of carbonyl (C=O) groups excluding carboxylic acids is 1. The Morgan fingerprint density at radius 2 is 2.04 bits per heavy atom. The number of amides is 1. The second kappa shape index (κ2) is 11.4. The zero-order valence-electron chi connectivity index (χ0n) is 15.7. The smallest absolute Gasteiger partial charge is 0.236 e. The van der Waals surface area contributed by atoms with Crippen molar-refractivity contribution in [1.29, 1.82) is 0 Å². The van der Waals surface area contributed by atoms with Gasteiger partial charge >= 0.3 is 0 Å². The van der Waals surface area contributed by atoms with Crippen LogP contribution in [-0.2, 0) is 4.79 Å². The van der Waals surface area contributed by atoms with Gasteiger partial charge in [-0.3, -0.25) is 4.79 Å². The lowest BCUT2D eigenvalue weighted by Gasteiger charge is -2.21. The summed E-state index contributed by atoms with van der Waals surface area (Å²) >= 11 is 0. The molecule has 0 bridgehead atoms. The predicted molar refractivity (Wildman–Crippen MR) is 109 cm³/mol. The van der Waals surface area contributed by atoms with Gasteiger partial charge in [-0.2, -0.15) is 0 Å². The number of nitrogens with one attached hydrogen (secondary N) is 2. The molecule has 1 aliphatic rings. The number of hydrogen-bond acceptors (Lipinski definition) is 3. The highest BCUT2D eigenvalue weighted by atomic mass is 16.2. The van der Waals surface area contributed by atoms with E-state index in [1.807, 2.05) is 18.2 Å². The molecule has 0 radical (unpaired) electrons. The van der Waals surface area contributed by atoms with Crippen LogP contribution in [0.5, 0.6) is 0 Å². The first kappa shape index (κ1) is 20.1. The summed E-state index contributed by atoms with van der Waals surface area (Å²) in [5, 5.41) is 6.32. The van der Waals surface area contributed by atoms with Crippen LogP contribution in [0, 0.1) is 0 Å². The minimum absolute atomic E-state index is 0.0706. The fourth-order valence-corrected chi connectivity index (χ4v) is 3.06. The van der Waals surface area contributed by atoms with Crippen molar-refractivity contribution in [2.75, 3.05) is 19.6 Å². The van der Waals surface area contributed by atoms with Gasteiger partial charge < -0.3 is 16.4 Å². The highest BCUT2D eigenvalue weighted by Crippen LogP contribution is 2.26. The van der Waals surface area contributed by atoms with E-state index in [4.69, 9.17) is 5.73 Å². The number of hydrogen-bond donors (Lipinski definition) is 3. The predicted octanol–water partition coefficient (Wildman–Crippen LogP) is 3.05. The molecule has 0 spiro atoms. The van der Waals surface area contributed by atoms with Crippen LogP contribution < -0.4 is 16.4 Å². The van der Waals surface area contributed by atoms with E-state index in [1.165, 1.54) is 11.1 Å². The maximum atomic E-state index is 12.4. The summed E-state index contributed by atoms with van der Waals surface area (Å²) in [7, 11) is 0. The van der Waals surface area contributed by atoms with Crippen LogP contribution in [-0.4, -0.2) is 31.6 Å². The average Bonchev–Trinajstić information content (AvgIpc) is 2.95. The Bertz CT molecular complexity index is 634. The molecule has 1 aliphatic carbocycles. The number of allylic oxidation sites excluding steroid dienone is 5. The molecule has 1 aromatic carbocycles. The Morgan fingerprint density at radius 3 is 2.81 bits per heavy atom. The molecule has 1 amide bonds. The second-order valence-electron chi connectivity index (χ2n) is 6.54. The van der Waals surface area contributed by atoms with Gasteiger partial charge in [0.15, 0.2) is 0 Å². The first-order valence-corrected chi connectivity index (χ1v) is 9.54. The van der Waals surface area contributed by atoms with Crippen molar-refractivity contribution in [2.24, 2.45) is 5.73 Å². The Morgan fingerprint density at radius 1 is 1.23 bits per heavy atom. The van der Waals surface area contributed by atoms with E-state index in [0.717, 1.165) is 25.9 Å². The topological polar surface area (TPSA) is 67.1 Å². The van der Waals surface area contributed by atoms with Gasteiger partial charge in [0, 0.05) is 12.5 Å². The van der Waals surface area contributed by atoms with E-state index in [2.05, 4.69) is 60.1 Å². The van der Waals surface area contributed by atoms with Crippen molar-refractivity contribution in [3.63, 3.8) is 0 Å². The molecule has 0 aliphatic heterocycles. The summed E-state index contributed by atoms with van der Waals surface area (Å²) in [6.45, 7) is 4.47. The van der Waals surface area contributed by atoms with E-state index >= 15 is 0 Å². The van der Waals surface area contributed by atoms with Gasteiger partial charge in [-0.05, 0) is 43.5 Å². The standard InChI is InChI=1S/C22H31N3O/c1-2-24-16-10-15-21(23)22(26)25-17-20(19-13-8-5-9-14-19)18-11-6-3-4-7-12-18/h3-6,8-9,11-14,20-21,24H,2,7,10,15-17,23H2,1H3,(H,25,26). The fourth-order valence-electron chi connectivity index (χ4n) is 3.06. The molecular weight excluding hydrogens is 322 g/mol. The zero-order valence-corrected chi connectivity index (χ0v) is 15.7. The van der Waals surface area contributed by atoms with Crippen LogP contribution in [0.3, 0.4) is 0 Å². The number of benzene rings is 1. The Hall–Kier alpha value is -2.17. The van der Waals surface area contributed by atoms with Crippen LogP contribution in [0.15, 0.2) is 66.3 Å². The first-order valence-electron chi connectivity index (χ1n) is 9.54. The van der Waals surface area contributed by atoms with Gasteiger partial charge in [0.05, 0.1) is 6.04 Å². The normalized spacial score (nSPS) is 15.8. The fraction of sp³-hybridized carbons (Fsp3) is 0.409. The Balaban J connectivity index is 1.97. The molecule has 4 nitrogen and oxygen atoms in total.